The molecule has 1 saturated heterocycles. The number of aliphatic hydroxyl groups is 1. The van der Waals surface area contributed by atoms with Crippen molar-refractivity contribution in [1.29, 1.82) is 0 Å². The van der Waals surface area contributed by atoms with Crippen LogP contribution in [-0.4, -0.2) is 66.0 Å². The van der Waals surface area contributed by atoms with Crippen LogP contribution >= 0.6 is 0 Å². The molecule has 11 nitrogen and oxygen atoms in total. The Labute approximate surface area is 484 Å². The van der Waals surface area contributed by atoms with Crippen molar-refractivity contribution in [2.75, 3.05) is 39.9 Å². The van der Waals surface area contributed by atoms with Crippen LogP contribution in [0.15, 0.2) is 273 Å². The number of aliphatic hydroxyl groups excluding tert-OH is 1. The predicted molar refractivity (Wildman–Crippen MR) is 323 cm³/mol. The van der Waals surface area contributed by atoms with E-state index in [0.29, 0.717) is 22.8 Å². The summed E-state index contributed by atoms with van der Waals surface area (Å²) in [5, 5.41) is 21.5. The summed E-state index contributed by atoms with van der Waals surface area (Å²) >= 11 is 0. The van der Waals surface area contributed by atoms with Gasteiger partial charge in [-0.05, 0) is 98.6 Å². The zero-order valence-electron chi connectivity index (χ0n) is 46.5. The number of benzene rings is 9. The predicted octanol–water partition coefficient (Wildman–Crippen LogP) is 13.7. The second-order valence-corrected chi connectivity index (χ2v) is 20.7. The average Bonchev–Trinajstić information content (AvgIpc) is 2.71. The van der Waals surface area contributed by atoms with E-state index in [0.717, 1.165) is 61.5 Å². The smallest absolute Gasteiger partial charge is 0.155 e. The molecule has 2 aromatic heterocycles. The molecule has 0 unspecified atom stereocenters. The molecule has 12 rings (SSSR count). The average molecular weight is 1100 g/mol. The molecule has 11 heteroatoms. The van der Waals surface area contributed by atoms with Crippen molar-refractivity contribution in [3.63, 3.8) is 0 Å². The second-order valence-electron chi connectivity index (χ2n) is 20.7. The molecule has 0 radical (unpaired) electrons. The van der Waals surface area contributed by atoms with E-state index < -0.39 is 41.2 Å². The van der Waals surface area contributed by atoms with E-state index >= 15 is 0 Å². The van der Waals surface area contributed by atoms with Crippen molar-refractivity contribution in [1.82, 2.24) is 14.6 Å². The van der Waals surface area contributed by atoms with Crippen LogP contribution in [0.5, 0.6) is 17.2 Å². The molecule has 3 heterocycles. The van der Waals surface area contributed by atoms with Crippen LogP contribution in [0.4, 0.5) is 5.82 Å². The van der Waals surface area contributed by atoms with Crippen molar-refractivity contribution in [3.05, 3.63) is 329 Å². The standard InChI is InChI=1S/C72H64N4O7/c1-78-61-40-34-54(35-41-61)70(52-22-10-4-11-23-52,53-24-12-5-13-25-53)75-68-65-47-46-64(76(65)74-51-73-68)66-48-67(83-72(57-30-18-8-19-31-57,58-32-20-9-21-33-58)60-38-44-63(80-3)45-39-60)69(49-77,82-66)50-81-71(55-26-14-6-15-27-55,56-28-16-7-17-29-56)59-36-42-62(79-2)43-37-59/h4-47,51,66-67,77H,48-50H2,1-3H3,(H,73,74,75)/t66-,67+,69-/m1/s1. The van der Waals surface area contributed by atoms with Gasteiger partial charge in [0.05, 0.1) is 46.3 Å². The quantitative estimate of drug-likeness (QED) is 0.0674. The van der Waals surface area contributed by atoms with Gasteiger partial charge >= 0.3 is 0 Å². The molecule has 2 N–H and O–H groups in total. The molecule has 1 aliphatic heterocycles. The Balaban J connectivity index is 1.03. The zero-order chi connectivity index (χ0) is 56.7. The summed E-state index contributed by atoms with van der Waals surface area (Å²) in [6.45, 7) is -0.616. The number of methoxy groups -OCH3 is 3. The van der Waals surface area contributed by atoms with Crippen molar-refractivity contribution in [2.45, 2.75) is 41.0 Å². The summed E-state index contributed by atoms with van der Waals surface area (Å²) < 4.78 is 42.4. The summed E-state index contributed by atoms with van der Waals surface area (Å²) in [5.74, 6) is 2.73. The lowest BCUT2D eigenvalue weighted by molar-refractivity contribution is -0.194. The maximum atomic E-state index is 12.5. The van der Waals surface area contributed by atoms with Crippen LogP contribution in [0.2, 0.25) is 0 Å². The summed E-state index contributed by atoms with van der Waals surface area (Å²) in [6.07, 6.45) is 0.279. The van der Waals surface area contributed by atoms with E-state index in [9.17, 15) is 5.11 Å². The van der Waals surface area contributed by atoms with E-state index in [1.807, 2.05) is 162 Å². The van der Waals surface area contributed by atoms with E-state index in [4.69, 9.17) is 38.5 Å². The molecule has 1 aliphatic rings. The summed E-state index contributed by atoms with van der Waals surface area (Å²) in [7, 11) is 4.99. The van der Waals surface area contributed by atoms with E-state index in [-0.39, 0.29) is 13.0 Å². The molecule has 0 spiro atoms. The normalized spacial score (nSPS) is 16.3. The minimum Gasteiger partial charge on any atom is -0.497 e. The van der Waals surface area contributed by atoms with E-state index in [2.05, 4.69) is 115 Å². The zero-order valence-corrected chi connectivity index (χ0v) is 46.5. The van der Waals surface area contributed by atoms with Gasteiger partial charge in [-0.15, -0.1) is 0 Å². The van der Waals surface area contributed by atoms with Gasteiger partial charge in [0, 0.05) is 6.42 Å². The Bertz CT molecular complexity index is 3740. The fourth-order valence-corrected chi connectivity index (χ4v) is 12.1. The van der Waals surface area contributed by atoms with Gasteiger partial charge in [0.15, 0.2) is 5.82 Å². The minimum absolute atomic E-state index is 0.133. The van der Waals surface area contributed by atoms with Crippen molar-refractivity contribution >= 4 is 11.3 Å². The molecule has 9 aromatic carbocycles. The molecule has 0 saturated carbocycles. The number of aromatic nitrogens is 3. The van der Waals surface area contributed by atoms with Crippen molar-refractivity contribution in [3.8, 4) is 17.2 Å². The topological polar surface area (TPSA) is 118 Å². The van der Waals surface area contributed by atoms with Crippen LogP contribution in [-0.2, 0) is 31.0 Å². The highest BCUT2D eigenvalue weighted by Gasteiger charge is 2.56. The highest BCUT2D eigenvalue weighted by atomic mass is 16.6. The number of nitrogens with one attached hydrogen (secondary N) is 1. The highest BCUT2D eigenvalue weighted by molar-refractivity contribution is 5.72. The number of ether oxygens (including phenoxy) is 6. The number of rotatable bonds is 21. The van der Waals surface area contributed by atoms with Gasteiger partial charge in [0.25, 0.3) is 0 Å². The van der Waals surface area contributed by atoms with Gasteiger partial charge in [-0.2, -0.15) is 5.10 Å². The maximum Gasteiger partial charge on any atom is 0.155 e. The van der Waals surface area contributed by atoms with Crippen LogP contribution in [0.1, 0.15) is 68.3 Å². The number of hydrogen-bond donors (Lipinski definition) is 2. The number of hydrogen-bond acceptors (Lipinski definition) is 10. The lowest BCUT2D eigenvalue weighted by atomic mass is 9.77. The van der Waals surface area contributed by atoms with Crippen LogP contribution in [0.3, 0.4) is 0 Å². The fraction of sp³-hybridized carbons (Fsp3) is 0.167. The SMILES string of the molecule is COc1ccc(C(Nc2ncnn3c([C@H]4C[C@H](OC(c5ccccc5)(c5ccccc5)c5ccc(OC)cc5)[C@@](CO)(COC(c5ccccc5)(c5ccccc5)c5ccc(OC)cc5)O4)ccc23)(c2ccccc2)c2ccccc2)cc1. The van der Waals surface area contributed by atoms with Crippen molar-refractivity contribution < 1.29 is 33.5 Å². The van der Waals surface area contributed by atoms with Gasteiger partial charge in [0.1, 0.15) is 57.5 Å². The molecule has 3 atom stereocenters. The Morgan fingerprint density at radius 1 is 0.482 bits per heavy atom. The number of nitrogens with zero attached hydrogens (tertiary/aromatic N) is 3. The van der Waals surface area contributed by atoms with Gasteiger partial charge in [-0.3, -0.25) is 0 Å². The third kappa shape index (κ3) is 9.97. The minimum atomic E-state index is -1.53. The van der Waals surface area contributed by atoms with Gasteiger partial charge in [-0.1, -0.05) is 218 Å². The molecule has 0 aliphatic carbocycles. The van der Waals surface area contributed by atoms with Crippen LogP contribution in [0.25, 0.3) is 5.52 Å². The molecule has 0 amide bonds. The Kier molecular flexibility index (Phi) is 15.4. The monoisotopic (exact) mass is 1100 g/mol. The van der Waals surface area contributed by atoms with Gasteiger partial charge in [-0.25, -0.2) is 9.50 Å². The van der Waals surface area contributed by atoms with E-state index in [1.54, 1.807) is 27.7 Å². The summed E-state index contributed by atoms with van der Waals surface area (Å²) in [6, 6.07) is 89.7. The first-order valence-corrected chi connectivity index (χ1v) is 27.9. The lowest BCUT2D eigenvalue weighted by Gasteiger charge is -2.44. The fourth-order valence-electron chi connectivity index (χ4n) is 12.1. The first-order valence-electron chi connectivity index (χ1n) is 27.9. The summed E-state index contributed by atoms with van der Waals surface area (Å²) in [4.78, 5) is 5.01. The number of fused-ring (bicyclic) bond motifs is 1. The molecule has 414 valence electrons. The lowest BCUT2D eigenvalue weighted by Crippen LogP contribution is -2.53. The Morgan fingerprint density at radius 2 is 0.855 bits per heavy atom. The Hall–Kier alpha value is -9.36. The first-order chi connectivity index (χ1) is 40.9. The molecular formula is C72H64N4O7. The first kappa shape index (κ1) is 54.2. The van der Waals surface area contributed by atoms with Crippen LogP contribution < -0.4 is 19.5 Å². The van der Waals surface area contributed by atoms with Crippen LogP contribution in [0, 0.1) is 0 Å². The third-order valence-corrected chi connectivity index (χ3v) is 16.3. The maximum absolute atomic E-state index is 12.5. The number of anilines is 1. The third-order valence-electron chi connectivity index (χ3n) is 16.3. The highest BCUT2D eigenvalue weighted by Crippen LogP contribution is 2.52. The molecule has 11 aromatic rings. The van der Waals surface area contributed by atoms with Gasteiger partial charge in [0.2, 0.25) is 0 Å². The summed E-state index contributed by atoms with van der Waals surface area (Å²) in [5.41, 5.74) is 4.67. The van der Waals surface area contributed by atoms with Crippen molar-refractivity contribution in [2.24, 2.45) is 0 Å². The van der Waals surface area contributed by atoms with Gasteiger partial charge < -0.3 is 38.8 Å². The molecule has 1 fully saturated rings. The largest absolute Gasteiger partial charge is 0.497 e. The molecule has 83 heavy (non-hydrogen) atoms. The molecular weight excluding hydrogens is 1030 g/mol. The van der Waals surface area contributed by atoms with E-state index in [1.165, 1.54) is 0 Å². The second kappa shape index (κ2) is 23.6. The Morgan fingerprint density at radius 3 is 1.28 bits per heavy atom. The molecule has 0 bridgehead atoms.